The molecule has 1 aromatic rings. The molecule has 1 amide bonds. The number of rotatable bonds is 3. The van der Waals surface area contributed by atoms with Gasteiger partial charge in [-0.15, -0.1) is 0 Å². The standard InChI is InChI=1S/C12H15Br2NO/c1-8(15-11(16)12(2,3)14)9-4-6-10(13)7-5-9/h4-8H,1-3H3,(H,15,16). The first-order chi connectivity index (χ1) is 7.30. The number of nitrogens with one attached hydrogen (secondary N) is 1. The van der Waals surface area contributed by atoms with Crippen LogP contribution in [0.15, 0.2) is 28.7 Å². The number of carbonyl (C=O) groups is 1. The third kappa shape index (κ3) is 3.91. The smallest absolute Gasteiger partial charge is 0.236 e. The monoisotopic (exact) mass is 347 g/mol. The molecule has 0 saturated heterocycles. The van der Waals surface area contributed by atoms with Crippen LogP contribution in [0.25, 0.3) is 0 Å². The van der Waals surface area contributed by atoms with Crippen molar-refractivity contribution in [3.8, 4) is 0 Å². The second-order valence-electron chi connectivity index (χ2n) is 4.22. The summed E-state index contributed by atoms with van der Waals surface area (Å²) in [6.45, 7) is 5.63. The molecule has 0 aromatic heterocycles. The molecule has 0 heterocycles. The van der Waals surface area contributed by atoms with Crippen LogP contribution in [0.4, 0.5) is 0 Å². The van der Waals surface area contributed by atoms with Crippen LogP contribution in [-0.4, -0.2) is 10.2 Å². The Morgan fingerprint density at radius 2 is 1.81 bits per heavy atom. The van der Waals surface area contributed by atoms with E-state index in [2.05, 4.69) is 37.2 Å². The van der Waals surface area contributed by atoms with Crippen LogP contribution in [0, 0.1) is 0 Å². The number of amides is 1. The van der Waals surface area contributed by atoms with Crippen molar-refractivity contribution in [1.82, 2.24) is 5.32 Å². The molecule has 0 saturated carbocycles. The lowest BCUT2D eigenvalue weighted by atomic mass is 10.1. The van der Waals surface area contributed by atoms with Crippen molar-refractivity contribution in [3.63, 3.8) is 0 Å². The van der Waals surface area contributed by atoms with Crippen molar-refractivity contribution >= 4 is 37.8 Å². The van der Waals surface area contributed by atoms with Crippen LogP contribution in [0.2, 0.25) is 0 Å². The molecule has 16 heavy (non-hydrogen) atoms. The summed E-state index contributed by atoms with van der Waals surface area (Å²) in [6.07, 6.45) is 0. The molecule has 88 valence electrons. The normalized spacial score (nSPS) is 13.3. The first-order valence-corrected chi connectivity index (χ1v) is 6.64. The number of benzene rings is 1. The van der Waals surface area contributed by atoms with Gasteiger partial charge in [0.25, 0.3) is 0 Å². The summed E-state index contributed by atoms with van der Waals surface area (Å²) in [4.78, 5) is 11.7. The lowest BCUT2D eigenvalue weighted by molar-refractivity contribution is -0.123. The SMILES string of the molecule is CC(NC(=O)C(C)(C)Br)c1ccc(Br)cc1. The second-order valence-corrected chi connectivity index (χ2v) is 7.12. The molecule has 0 aliphatic heterocycles. The number of carbonyl (C=O) groups excluding carboxylic acids is 1. The number of alkyl halides is 1. The summed E-state index contributed by atoms with van der Waals surface area (Å²) in [5, 5.41) is 2.95. The Morgan fingerprint density at radius 3 is 2.25 bits per heavy atom. The molecule has 4 heteroatoms. The third-order valence-corrected chi connectivity index (χ3v) is 3.15. The molecule has 1 unspecified atom stereocenters. The lowest BCUT2D eigenvalue weighted by Crippen LogP contribution is -2.38. The number of hydrogen-bond acceptors (Lipinski definition) is 1. The zero-order valence-electron chi connectivity index (χ0n) is 9.55. The van der Waals surface area contributed by atoms with Crippen molar-refractivity contribution < 1.29 is 4.79 Å². The van der Waals surface area contributed by atoms with E-state index in [1.165, 1.54) is 0 Å². The molecular weight excluding hydrogens is 334 g/mol. The molecule has 0 bridgehead atoms. The fourth-order valence-corrected chi connectivity index (χ4v) is 1.58. The molecule has 1 aromatic carbocycles. The Bertz CT molecular complexity index is 368. The average Bonchev–Trinajstić information content (AvgIpc) is 2.17. The molecule has 0 fully saturated rings. The molecular formula is C12H15Br2NO. The van der Waals surface area contributed by atoms with E-state index in [4.69, 9.17) is 0 Å². The highest BCUT2D eigenvalue weighted by Gasteiger charge is 2.24. The highest BCUT2D eigenvalue weighted by Crippen LogP contribution is 2.20. The minimum Gasteiger partial charge on any atom is -0.348 e. The predicted octanol–water partition coefficient (Wildman–Crippen LogP) is 3.80. The van der Waals surface area contributed by atoms with E-state index in [9.17, 15) is 4.79 Å². The molecule has 1 N–H and O–H groups in total. The second kappa shape index (κ2) is 5.32. The third-order valence-electron chi connectivity index (χ3n) is 2.26. The van der Waals surface area contributed by atoms with E-state index in [1.807, 2.05) is 45.0 Å². The van der Waals surface area contributed by atoms with Crippen LogP contribution < -0.4 is 5.32 Å². The van der Waals surface area contributed by atoms with Crippen LogP contribution in [-0.2, 0) is 4.79 Å². The maximum Gasteiger partial charge on any atom is 0.236 e. The van der Waals surface area contributed by atoms with E-state index in [1.54, 1.807) is 0 Å². The Hall–Kier alpha value is -0.350. The predicted molar refractivity (Wildman–Crippen MR) is 73.7 cm³/mol. The van der Waals surface area contributed by atoms with Crippen LogP contribution in [0.5, 0.6) is 0 Å². The van der Waals surface area contributed by atoms with Crippen molar-refractivity contribution in [2.45, 2.75) is 31.1 Å². The van der Waals surface area contributed by atoms with Gasteiger partial charge in [0.05, 0.1) is 10.4 Å². The Labute approximate surface area is 113 Å². The topological polar surface area (TPSA) is 29.1 Å². The summed E-state index contributed by atoms with van der Waals surface area (Å²) in [7, 11) is 0. The van der Waals surface area contributed by atoms with Gasteiger partial charge >= 0.3 is 0 Å². The van der Waals surface area contributed by atoms with Crippen molar-refractivity contribution in [2.75, 3.05) is 0 Å². The fourth-order valence-electron chi connectivity index (χ4n) is 1.20. The summed E-state index contributed by atoms with van der Waals surface area (Å²) in [6, 6.07) is 7.94. The van der Waals surface area contributed by atoms with Gasteiger partial charge in [-0.05, 0) is 38.5 Å². The van der Waals surface area contributed by atoms with Gasteiger partial charge in [-0.3, -0.25) is 4.79 Å². The Kier molecular flexibility index (Phi) is 4.56. The van der Waals surface area contributed by atoms with Gasteiger partial charge in [0, 0.05) is 4.47 Å². The van der Waals surface area contributed by atoms with E-state index in [-0.39, 0.29) is 11.9 Å². The summed E-state index contributed by atoms with van der Waals surface area (Å²) < 4.78 is 0.506. The average molecular weight is 349 g/mol. The lowest BCUT2D eigenvalue weighted by Gasteiger charge is -2.20. The van der Waals surface area contributed by atoms with Gasteiger partial charge in [-0.25, -0.2) is 0 Å². The summed E-state index contributed by atoms with van der Waals surface area (Å²) in [5.41, 5.74) is 1.09. The zero-order chi connectivity index (χ0) is 12.3. The van der Waals surface area contributed by atoms with Gasteiger partial charge < -0.3 is 5.32 Å². The van der Waals surface area contributed by atoms with Crippen LogP contribution in [0.3, 0.4) is 0 Å². The van der Waals surface area contributed by atoms with E-state index in [0.717, 1.165) is 10.0 Å². The van der Waals surface area contributed by atoms with Gasteiger partial charge in [-0.1, -0.05) is 44.0 Å². The zero-order valence-corrected chi connectivity index (χ0v) is 12.7. The number of halogens is 2. The fraction of sp³-hybridized carbons (Fsp3) is 0.417. The molecule has 0 radical (unpaired) electrons. The van der Waals surface area contributed by atoms with Gasteiger partial charge in [0.15, 0.2) is 0 Å². The Morgan fingerprint density at radius 1 is 1.31 bits per heavy atom. The van der Waals surface area contributed by atoms with Crippen molar-refractivity contribution in [1.29, 1.82) is 0 Å². The first kappa shape index (κ1) is 13.7. The molecule has 2 nitrogen and oxygen atoms in total. The highest BCUT2D eigenvalue weighted by molar-refractivity contribution is 9.10. The maximum absolute atomic E-state index is 11.7. The minimum absolute atomic E-state index is 0.0112. The molecule has 1 atom stereocenters. The molecule has 0 aliphatic carbocycles. The van der Waals surface area contributed by atoms with E-state index < -0.39 is 4.32 Å². The molecule has 1 rings (SSSR count). The van der Waals surface area contributed by atoms with Crippen LogP contribution in [0.1, 0.15) is 32.4 Å². The van der Waals surface area contributed by atoms with Gasteiger partial charge in [0.2, 0.25) is 5.91 Å². The first-order valence-electron chi connectivity index (χ1n) is 5.06. The summed E-state index contributed by atoms with van der Waals surface area (Å²) in [5.74, 6) is -0.0112. The minimum atomic E-state index is -0.531. The van der Waals surface area contributed by atoms with E-state index in [0.29, 0.717) is 0 Å². The van der Waals surface area contributed by atoms with E-state index >= 15 is 0 Å². The number of hydrogen-bond donors (Lipinski definition) is 1. The maximum atomic E-state index is 11.7. The largest absolute Gasteiger partial charge is 0.348 e. The highest BCUT2D eigenvalue weighted by atomic mass is 79.9. The summed E-state index contributed by atoms with van der Waals surface area (Å²) >= 11 is 6.72. The van der Waals surface area contributed by atoms with Crippen molar-refractivity contribution in [2.24, 2.45) is 0 Å². The Balaban J connectivity index is 2.69. The molecule has 0 aliphatic rings. The quantitative estimate of drug-likeness (QED) is 0.827. The van der Waals surface area contributed by atoms with Crippen molar-refractivity contribution in [3.05, 3.63) is 34.3 Å². The van der Waals surface area contributed by atoms with Crippen LogP contribution >= 0.6 is 31.9 Å². The molecule has 0 spiro atoms. The van der Waals surface area contributed by atoms with Gasteiger partial charge in [-0.2, -0.15) is 0 Å². The van der Waals surface area contributed by atoms with Gasteiger partial charge in [0.1, 0.15) is 0 Å².